The van der Waals surface area contributed by atoms with Crippen molar-refractivity contribution in [2.45, 2.75) is 25.8 Å². The van der Waals surface area contributed by atoms with Crippen LogP contribution in [0, 0.1) is 3.57 Å². The predicted molar refractivity (Wildman–Crippen MR) is 95.8 cm³/mol. The summed E-state index contributed by atoms with van der Waals surface area (Å²) in [6.45, 7) is 3.22. The zero-order valence-electron chi connectivity index (χ0n) is 11.4. The third-order valence-electron chi connectivity index (χ3n) is 3.12. The molecule has 2 aromatic rings. The van der Waals surface area contributed by atoms with Gasteiger partial charge in [0.2, 0.25) is 0 Å². The van der Waals surface area contributed by atoms with E-state index in [1.165, 1.54) is 14.7 Å². The highest BCUT2D eigenvalue weighted by Gasteiger charge is 2.14. The molecule has 2 rings (SSSR count). The molecule has 0 aliphatic heterocycles. The van der Waals surface area contributed by atoms with Gasteiger partial charge in [0.05, 0.1) is 0 Å². The number of hydrogen-bond acceptors (Lipinski definition) is 2. The van der Waals surface area contributed by atoms with Gasteiger partial charge >= 0.3 is 0 Å². The Morgan fingerprint density at radius 3 is 2.80 bits per heavy atom. The second-order valence-electron chi connectivity index (χ2n) is 4.74. The highest BCUT2D eigenvalue weighted by Crippen LogP contribution is 2.24. The second kappa shape index (κ2) is 8.10. The Morgan fingerprint density at radius 1 is 1.30 bits per heavy atom. The zero-order valence-corrected chi connectivity index (χ0v) is 15.2. The lowest BCUT2D eigenvalue weighted by molar-refractivity contribution is 0.527. The maximum Gasteiger partial charge on any atom is 0.0410 e. The van der Waals surface area contributed by atoms with Gasteiger partial charge in [0.1, 0.15) is 0 Å². The topological polar surface area (TPSA) is 24.9 Å². The SMILES string of the molecule is CCCNC(Cc1cncc(Br)c1)c1ccccc1I. The zero-order chi connectivity index (χ0) is 14.4. The Balaban J connectivity index is 2.22. The van der Waals surface area contributed by atoms with E-state index in [0.29, 0.717) is 6.04 Å². The van der Waals surface area contributed by atoms with Gasteiger partial charge in [-0.3, -0.25) is 4.98 Å². The van der Waals surface area contributed by atoms with Crippen LogP contribution in [0.4, 0.5) is 0 Å². The van der Waals surface area contributed by atoms with E-state index in [0.717, 1.165) is 23.9 Å². The number of benzene rings is 1. The van der Waals surface area contributed by atoms with Crippen molar-refractivity contribution in [3.63, 3.8) is 0 Å². The molecule has 0 aliphatic rings. The van der Waals surface area contributed by atoms with Gasteiger partial charge in [-0.15, -0.1) is 0 Å². The van der Waals surface area contributed by atoms with Gasteiger partial charge in [0, 0.05) is 26.5 Å². The molecule has 0 saturated carbocycles. The van der Waals surface area contributed by atoms with Crippen molar-refractivity contribution in [3.8, 4) is 0 Å². The average molecular weight is 445 g/mol. The van der Waals surface area contributed by atoms with Gasteiger partial charge in [-0.05, 0) is 81.2 Å². The quantitative estimate of drug-likeness (QED) is 0.651. The Labute approximate surface area is 142 Å². The fourth-order valence-corrected chi connectivity index (χ4v) is 3.35. The van der Waals surface area contributed by atoms with E-state index >= 15 is 0 Å². The van der Waals surface area contributed by atoms with Crippen LogP contribution in [0.2, 0.25) is 0 Å². The Kier molecular flexibility index (Phi) is 6.45. The van der Waals surface area contributed by atoms with Crippen LogP contribution in [-0.4, -0.2) is 11.5 Å². The van der Waals surface area contributed by atoms with E-state index in [2.05, 4.69) is 86.1 Å². The first-order chi connectivity index (χ1) is 9.70. The highest BCUT2D eigenvalue weighted by atomic mass is 127. The van der Waals surface area contributed by atoms with E-state index < -0.39 is 0 Å². The van der Waals surface area contributed by atoms with Crippen LogP contribution in [0.15, 0.2) is 47.2 Å². The summed E-state index contributed by atoms with van der Waals surface area (Å²) in [4.78, 5) is 4.26. The van der Waals surface area contributed by atoms with Crippen LogP contribution in [-0.2, 0) is 6.42 Å². The van der Waals surface area contributed by atoms with E-state index in [1.807, 2.05) is 12.4 Å². The van der Waals surface area contributed by atoms with Crippen LogP contribution in [0.25, 0.3) is 0 Å². The number of hydrogen-bond donors (Lipinski definition) is 1. The first-order valence-corrected chi connectivity index (χ1v) is 8.65. The fourth-order valence-electron chi connectivity index (χ4n) is 2.17. The summed E-state index contributed by atoms with van der Waals surface area (Å²) in [5, 5.41) is 3.65. The van der Waals surface area contributed by atoms with Crippen molar-refractivity contribution in [1.82, 2.24) is 10.3 Å². The molecule has 2 nitrogen and oxygen atoms in total. The van der Waals surface area contributed by atoms with Crippen molar-refractivity contribution in [3.05, 3.63) is 61.9 Å². The third kappa shape index (κ3) is 4.53. The number of rotatable bonds is 6. The summed E-state index contributed by atoms with van der Waals surface area (Å²) in [6.07, 6.45) is 5.86. The van der Waals surface area contributed by atoms with Gasteiger partial charge in [0.15, 0.2) is 0 Å². The minimum absolute atomic E-state index is 0.333. The largest absolute Gasteiger partial charge is 0.310 e. The predicted octanol–water partition coefficient (Wildman–Crippen LogP) is 4.73. The van der Waals surface area contributed by atoms with Gasteiger partial charge in [-0.25, -0.2) is 0 Å². The molecule has 1 aromatic heterocycles. The molecular formula is C16H18BrIN2. The molecule has 1 heterocycles. The summed E-state index contributed by atoms with van der Waals surface area (Å²) in [5.41, 5.74) is 2.61. The summed E-state index contributed by atoms with van der Waals surface area (Å²) in [5.74, 6) is 0. The maximum absolute atomic E-state index is 4.26. The molecular weight excluding hydrogens is 427 g/mol. The molecule has 0 fully saturated rings. The fraction of sp³-hybridized carbons (Fsp3) is 0.312. The third-order valence-corrected chi connectivity index (χ3v) is 4.54. The van der Waals surface area contributed by atoms with Crippen LogP contribution >= 0.6 is 38.5 Å². The Morgan fingerprint density at radius 2 is 2.10 bits per heavy atom. The van der Waals surface area contributed by atoms with Crippen molar-refractivity contribution < 1.29 is 0 Å². The van der Waals surface area contributed by atoms with Gasteiger partial charge in [0.25, 0.3) is 0 Å². The molecule has 1 N–H and O–H groups in total. The average Bonchev–Trinajstić information content (AvgIpc) is 2.44. The number of nitrogens with zero attached hydrogens (tertiary/aromatic N) is 1. The normalized spacial score (nSPS) is 12.3. The first-order valence-electron chi connectivity index (χ1n) is 6.78. The molecule has 0 aliphatic carbocycles. The molecule has 0 amide bonds. The molecule has 0 saturated heterocycles. The van der Waals surface area contributed by atoms with E-state index in [1.54, 1.807) is 0 Å². The summed E-state index contributed by atoms with van der Waals surface area (Å²) < 4.78 is 2.34. The van der Waals surface area contributed by atoms with E-state index in [9.17, 15) is 0 Å². The van der Waals surface area contributed by atoms with Gasteiger partial charge in [-0.1, -0.05) is 25.1 Å². The minimum Gasteiger partial charge on any atom is -0.310 e. The number of aromatic nitrogens is 1. The molecule has 0 spiro atoms. The number of nitrogens with one attached hydrogen (secondary N) is 1. The molecule has 1 atom stereocenters. The van der Waals surface area contributed by atoms with E-state index in [-0.39, 0.29) is 0 Å². The van der Waals surface area contributed by atoms with E-state index in [4.69, 9.17) is 0 Å². The molecule has 1 aromatic carbocycles. The van der Waals surface area contributed by atoms with Gasteiger partial charge < -0.3 is 5.32 Å². The lowest BCUT2D eigenvalue weighted by Gasteiger charge is -2.20. The summed E-state index contributed by atoms with van der Waals surface area (Å²) in [7, 11) is 0. The molecule has 1 unspecified atom stereocenters. The number of pyridine rings is 1. The Bertz CT molecular complexity index is 560. The number of halogens is 2. The molecule has 0 radical (unpaired) electrons. The molecule has 106 valence electrons. The van der Waals surface area contributed by atoms with Crippen molar-refractivity contribution >= 4 is 38.5 Å². The molecule has 4 heteroatoms. The smallest absolute Gasteiger partial charge is 0.0410 e. The second-order valence-corrected chi connectivity index (χ2v) is 6.82. The maximum atomic E-state index is 4.26. The van der Waals surface area contributed by atoms with Crippen molar-refractivity contribution in [2.24, 2.45) is 0 Å². The lowest BCUT2D eigenvalue weighted by Crippen LogP contribution is -2.25. The molecule has 20 heavy (non-hydrogen) atoms. The van der Waals surface area contributed by atoms with Crippen LogP contribution in [0.3, 0.4) is 0 Å². The standard InChI is InChI=1S/C16H18BrIN2/c1-2-7-20-16(14-5-3-4-6-15(14)18)9-12-8-13(17)11-19-10-12/h3-6,8,10-11,16,20H,2,7,9H2,1H3. The summed E-state index contributed by atoms with van der Waals surface area (Å²) in [6, 6.07) is 11.0. The van der Waals surface area contributed by atoms with Crippen LogP contribution in [0.1, 0.15) is 30.5 Å². The molecule has 0 bridgehead atoms. The monoisotopic (exact) mass is 444 g/mol. The summed E-state index contributed by atoms with van der Waals surface area (Å²) >= 11 is 5.90. The van der Waals surface area contributed by atoms with Crippen molar-refractivity contribution in [1.29, 1.82) is 0 Å². The van der Waals surface area contributed by atoms with Gasteiger partial charge in [-0.2, -0.15) is 0 Å². The lowest BCUT2D eigenvalue weighted by atomic mass is 10.00. The van der Waals surface area contributed by atoms with Crippen molar-refractivity contribution in [2.75, 3.05) is 6.54 Å². The van der Waals surface area contributed by atoms with Crippen LogP contribution in [0.5, 0.6) is 0 Å². The first kappa shape index (κ1) is 15.9. The minimum atomic E-state index is 0.333. The Hall–Kier alpha value is -0.460. The van der Waals surface area contributed by atoms with Crippen LogP contribution < -0.4 is 5.32 Å². The highest BCUT2D eigenvalue weighted by molar-refractivity contribution is 14.1.